The minimum atomic E-state index is -0.236. The average molecular weight is 251 g/mol. The van der Waals surface area contributed by atoms with Gasteiger partial charge in [0.1, 0.15) is 5.69 Å². The molecule has 2 aromatic heterocycles. The van der Waals surface area contributed by atoms with Crippen LogP contribution in [-0.2, 0) is 6.42 Å². The summed E-state index contributed by atoms with van der Waals surface area (Å²) in [6, 6.07) is 4.83. The number of H-pyrrole nitrogens is 1. The lowest BCUT2D eigenvalue weighted by Crippen LogP contribution is -2.13. The van der Waals surface area contributed by atoms with Crippen LogP contribution in [0.4, 0.5) is 0 Å². The van der Waals surface area contributed by atoms with Crippen molar-refractivity contribution in [2.75, 3.05) is 6.54 Å². The van der Waals surface area contributed by atoms with Crippen LogP contribution in [0.5, 0.6) is 0 Å². The molecular formula is C11H11ClN4O. The zero-order chi connectivity index (χ0) is 12.3. The molecule has 0 saturated carbocycles. The van der Waals surface area contributed by atoms with Crippen LogP contribution in [-0.4, -0.2) is 21.5 Å². The second kappa shape index (κ2) is 5.07. The summed E-state index contributed by atoms with van der Waals surface area (Å²) in [5, 5.41) is 0.445. The molecule has 0 aliphatic rings. The molecule has 0 saturated heterocycles. The lowest BCUT2D eigenvalue weighted by molar-refractivity contribution is 0.903. The zero-order valence-corrected chi connectivity index (χ0v) is 9.74. The van der Waals surface area contributed by atoms with E-state index in [2.05, 4.69) is 15.0 Å². The Morgan fingerprint density at radius 3 is 3.00 bits per heavy atom. The second-order valence-corrected chi connectivity index (χ2v) is 3.87. The van der Waals surface area contributed by atoms with Crippen LogP contribution in [0.3, 0.4) is 0 Å². The monoisotopic (exact) mass is 250 g/mol. The molecule has 0 aromatic carbocycles. The molecule has 0 spiro atoms. The van der Waals surface area contributed by atoms with Crippen LogP contribution >= 0.6 is 11.6 Å². The first kappa shape index (κ1) is 11.8. The number of nitrogens with two attached hydrogens (primary N) is 1. The van der Waals surface area contributed by atoms with Crippen molar-refractivity contribution >= 4 is 11.6 Å². The van der Waals surface area contributed by atoms with E-state index in [1.54, 1.807) is 18.3 Å². The summed E-state index contributed by atoms with van der Waals surface area (Å²) < 4.78 is 0. The zero-order valence-electron chi connectivity index (χ0n) is 8.98. The molecule has 0 amide bonds. The predicted molar refractivity (Wildman–Crippen MR) is 65.9 cm³/mol. The minimum absolute atomic E-state index is 0.236. The van der Waals surface area contributed by atoms with E-state index in [-0.39, 0.29) is 5.56 Å². The molecule has 5 nitrogen and oxygen atoms in total. The maximum atomic E-state index is 11.5. The molecule has 0 fully saturated rings. The van der Waals surface area contributed by atoms with Crippen molar-refractivity contribution in [3.63, 3.8) is 0 Å². The third-order valence-electron chi connectivity index (χ3n) is 2.18. The van der Waals surface area contributed by atoms with Crippen molar-refractivity contribution in [2.24, 2.45) is 5.73 Å². The molecule has 0 bridgehead atoms. The van der Waals surface area contributed by atoms with Gasteiger partial charge in [-0.25, -0.2) is 4.98 Å². The highest BCUT2D eigenvalue weighted by Crippen LogP contribution is 2.20. The predicted octanol–water partition coefficient (Wildman–Crippen LogP) is 0.986. The lowest BCUT2D eigenvalue weighted by Gasteiger charge is -2.04. The van der Waals surface area contributed by atoms with Gasteiger partial charge in [-0.3, -0.25) is 9.78 Å². The van der Waals surface area contributed by atoms with Crippen molar-refractivity contribution in [2.45, 2.75) is 6.42 Å². The van der Waals surface area contributed by atoms with Gasteiger partial charge in [-0.1, -0.05) is 11.6 Å². The third-order valence-corrected chi connectivity index (χ3v) is 2.48. The van der Waals surface area contributed by atoms with Crippen LogP contribution in [0.1, 0.15) is 5.69 Å². The number of pyridine rings is 1. The number of nitrogens with one attached hydrogen (secondary N) is 1. The summed E-state index contributed by atoms with van der Waals surface area (Å²) in [5.41, 5.74) is 6.29. The van der Waals surface area contributed by atoms with E-state index in [4.69, 9.17) is 17.3 Å². The summed E-state index contributed by atoms with van der Waals surface area (Å²) in [4.78, 5) is 22.4. The molecule has 88 valence electrons. The van der Waals surface area contributed by atoms with Gasteiger partial charge < -0.3 is 10.7 Å². The third kappa shape index (κ3) is 2.69. The fourth-order valence-corrected chi connectivity index (χ4v) is 1.67. The summed E-state index contributed by atoms with van der Waals surface area (Å²) in [6.45, 7) is 0.436. The van der Waals surface area contributed by atoms with Crippen molar-refractivity contribution in [1.82, 2.24) is 15.0 Å². The van der Waals surface area contributed by atoms with Crippen LogP contribution in [0.2, 0.25) is 5.02 Å². The summed E-state index contributed by atoms with van der Waals surface area (Å²) in [7, 11) is 0. The van der Waals surface area contributed by atoms with Gasteiger partial charge in [-0.2, -0.15) is 0 Å². The van der Waals surface area contributed by atoms with Gasteiger partial charge in [0, 0.05) is 24.4 Å². The van der Waals surface area contributed by atoms with Gasteiger partial charge in [-0.15, -0.1) is 0 Å². The van der Waals surface area contributed by atoms with Crippen LogP contribution in [0, 0.1) is 0 Å². The summed E-state index contributed by atoms with van der Waals surface area (Å²) >= 11 is 5.99. The standard InChI is InChI=1S/C11H11ClN4O/c12-8-2-1-5-14-10(8)11-15-7(3-4-13)6-9(17)16-11/h1-2,5-6H,3-4,13H2,(H,15,16,17). The quantitative estimate of drug-likeness (QED) is 0.851. The molecular weight excluding hydrogens is 240 g/mol. The molecule has 2 heterocycles. The Bertz CT molecular complexity index is 582. The Morgan fingerprint density at radius 1 is 1.47 bits per heavy atom. The van der Waals surface area contributed by atoms with E-state index in [9.17, 15) is 4.79 Å². The van der Waals surface area contributed by atoms with Crippen LogP contribution in [0.25, 0.3) is 11.5 Å². The van der Waals surface area contributed by atoms with E-state index >= 15 is 0 Å². The molecule has 0 atom stereocenters. The molecule has 6 heteroatoms. The molecule has 2 aromatic rings. The van der Waals surface area contributed by atoms with Crippen molar-refractivity contribution < 1.29 is 0 Å². The normalized spacial score (nSPS) is 10.5. The first-order valence-electron chi connectivity index (χ1n) is 5.12. The van der Waals surface area contributed by atoms with Gasteiger partial charge >= 0.3 is 0 Å². The number of hydrogen-bond acceptors (Lipinski definition) is 4. The Morgan fingerprint density at radius 2 is 2.29 bits per heavy atom. The fraction of sp³-hybridized carbons (Fsp3) is 0.182. The molecule has 2 rings (SSSR count). The molecule has 0 radical (unpaired) electrons. The number of aromatic amines is 1. The van der Waals surface area contributed by atoms with Gasteiger partial charge in [0.25, 0.3) is 5.56 Å². The summed E-state index contributed by atoms with van der Waals surface area (Å²) in [5.74, 6) is 0.367. The highest BCUT2D eigenvalue weighted by molar-refractivity contribution is 6.32. The Balaban J connectivity index is 2.52. The van der Waals surface area contributed by atoms with E-state index < -0.39 is 0 Å². The lowest BCUT2D eigenvalue weighted by atomic mass is 10.2. The van der Waals surface area contributed by atoms with Crippen LogP contribution in [0.15, 0.2) is 29.2 Å². The Kier molecular flexibility index (Phi) is 3.51. The SMILES string of the molecule is NCCc1cc(=O)[nH]c(-c2ncccc2Cl)n1. The van der Waals surface area contributed by atoms with Crippen molar-refractivity contribution in [3.8, 4) is 11.5 Å². The maximum absolute atomic E-state index is 11.5. The van der Waals surface area contributed by atoms with Gasteiger partial charge in [0.2, 0.25) is 0 Å². The average Bonchev–Trinajstić information content (AvgIpc) is 2.29. The van der Waals surface area contributed by atoms with Crippen LogP contribution < -0.4 is 11.3 Å². The number of rotatable bonds is 3. The van der Waals surface area contributed by atoms with Crippen molar-refractivity contribution in [3.05, 3.63) is 45.5 Å². The first-order chi connectivity index (χ1) is 8.20. The fourth-order valence-electron chi connectivity index (χ4n) is 1.46. The molecule has 0 aliphatic carbocycles. The summed E-state index contributed by atoms with van der Waals surface area (Å²) in [6.07, 6.45) is 2.14. The van der Waals surface area contributed by atoms with Gasteiger partial charge in [-0.05, 0) is 18.7 Å². The van der Waals surface area contributed by atoms with E-state index in [1.807, 2.05) is 0 Å². The molecule has 17 heavy (non-hydrogen) atoms. The largest absolute Gasteiger partial charge is 0.330 e. The first-order valence-corrected chi connectivity index (χ1v) is 5.49. The number of nitrogens with zero attached hydrogens (tertiary/aromatic N) is 2. The van der Waals surface area contributed by atoms with Gasteiger partial charge in [0.15, 0.2) is 5.82 Å². The van der Waals surface area contributed by atoms with E-state index in [0.29, 0.717) is 35.2 Å². The molecule has 0 unspecified atom stereocenters. The number of aromatic nitrogens is 3. The highest BCUT2D eigenvalue weighted by atomic mass is 35.5. The minimum Gasteiger partial charge on any atom is -0.330 e. The molecule has 0 aliphatic heterocycles. The topological polar surface area (TPSA) is 84.7 Å². The Hall–Kier alpha value is -1.72. The number of hydrogen-bond donors (Lipinski definition) is 2. The Labute approximate surface area is 103 Å². The highest BCUT2D eigenvalue weighted by Gasteiger charge is 2.08. The number of halogens is 1. The second-order valence-electron chi connectivity index (χ2n) is 3.46. The maximum Gasteiger partial charge on any atom is 0.251 e. The van der Waals surface area contributed by atoms with E-state index in [0.717, 1.165) is 0 Å². The molecule has 3 N–H and O–H groups in total. The smallest absolute Gasteiger partial charge is 0.251 e. The van der Waals surface area contributed by atoms with E-state index in [1.165, 1.54) is 6.07 Å². The van der Waals surface area contributed by atoms with Crippen molar-refractivity contribution in [1.29, 1.82) is 0 Å². The van der Waals surface area contributed by atoms with Gasteiger partial charge in [0.05, 0.1) is 5.02 Å².